The Bertz CT molecular complexity index is 2870. The monoisotopic (exact) mass is 2030 g/mol. The van der Waals surface area contributed by atoms with Crippen LogP contribution in [0.25, 0.3) is 0 Å². The van der Waals surface area contributed by atoms with Crippen molar-refractivity contribution in [1.29, 1.82) is 0 Å². The summed E-state index contributed by atoms with van der Waals surface area (Å²) in [6.07, 6.45) is 148. The third kappa shape index (κ3) is 120. The lowest BCUT2D eigenvalue weighted by molar-refractivity contribution is -0.0175. The zero-order valence-electron chi connectivity index (χ0n) is 97.0. The van der Waals surface area contributed by atoms with Gasteiger partial charge < -0.3 is 65.2 Å². The highest BCUT2D eigenvalue weighted by Gasteiger charge is 2.17. The van der Waals surface area contributed by atoms with Gasteiger partial charge >= 0.3 is 6.03 Å². The Morgan fingerprint density at radius 1 is 0.214 bits per heavy atom. The number of ether oxygens (including phenoxy) is 6. The van der Waals surface area contributed by atoms with Crippen LogP contribution in [0.4, 0.5) is 4.79 Å². The maximum atomic E-state index is 13.7. The molecule has 0 aromatic rings. The van der Waals surface area contributed by atoms with E-state index in [1.807, 2.05) is 0 Å². The second-order valence-corrected chi connectivity index (χ2v) is 41.8. The molecule has 3 unspecified atom stereocenters. The van der Waals surface area contributed by atoms with Crippen molar-refractivity contribution in [1.82, 2.24) is 31.1 Å². The Kier molecular flexibility index (Phi) is 125. The van der Waals surface area contributed by atoms with Crippen LogP contribution < -0.4 is 27.0 Å². The van der Waals surface area contributed by atoms with Crippen molar-refractivity contribution in [2.45, 2.75) is 541 Å². The van der Waals surface area contributed by atoms with Crippen LogP contribution in [0, 0.1) is 0 Å². The third-order valence-electron chi connectivity index (χ3n) is 27.4. The molecule has 846 valence electrons. The minimum atomic E-state index is -0.191. The lowest BCUT2D eigenvalue weighted by Gasteiger charge is -2.25. The molecule has 0 bridgehead atoms. The fourth-order valence-electron chi connectivity index (χ4n) is 18.0. The summed E-state index contributed by atoms with van der Waals surface area (Å²) in [5, 5.41) is 14.2. The first-order valence-electron chi connectivity index (χ1n) is 62.9. The van der Waals surface area contributed by atoms with Gasteiger partial charge in [0.15, 0.2) is 0 Å². The Morgan fingerprint density at radius 2 is 0.414 bits per heavy atom. The molecule has 0 saturated heterocycles. The predicted molar refractivity (Wildman–Crippen MR) is 641 cm³/mol. The smallest absolute Gasteiger partial charge is 0.314 e. The maximum Gasteiger partial charge on any atom is 0.314 e. The van der Waals surface area contributed by atoms with E-state index >= 15 is 0 Å². The number of nitrogens with zero attached hydrogens (tertiary/aromatic N) is 2. The van der Waals surface area contributed by atoms with E-state index < -0.39 is 0 Å². The second kappa shape index (κ2) is 128. The molecule has 0 aromatic carbocycles. The average molecular weight is 2030 g/mol. The van der Waals surface area contributed by atoms with Gasteiger partial charge in [-0.15, -0.1) is 0 Å². The largest absolute Gasteiger partial charge is 0.379 e. The summed E-state index contributed by atoms with van der Waals surface area (Å²) in [5.74, 6) is 0. The van der Waals surface area contributed by atoms with Crippen molar-refractivity contribution in [2.24, 2.45) is 5.73 Å². The Labute approximate surface area is 902 Å². The first-order valence-corrected chi connectivity index (χ1v) is 62.9. The highest BCUT2D eigenvalue weighted by molar-refractivity contribution is 5.73. The van der Waals surface area contributed by atoms with Crippen LogP contribution in [0.1, 0.15) is 523 Å². The average Bonchev–Trinajstić information content (AvgIpc) is 0.967. The van der Waals surface area contributed by atoms with Crippen molar-refractivity contribution < 1.29 is 33.2 Å². The number of rotatable bonds is 122. The Morgan fingerprint density at radius 3 is 0.655 bits per heavy atom. The molecule has 0 aliphatic rings. The number of allylic oxidation sites excluding steroid dienone is 24. The highest BCUT2D eigenvalue weighted by atomic mass is 16.5. The molecule has 14 nitrogen and oxygen atoms in total. The van der Waals surface area contributed by atoms with Crippen molar-refractivity contribution in [3.05, 3.63) is 146 Å². The number of urea groups is 1. The number of amides is 2. The number of hydrogen-bond acceptors (Lipinski definition) is 12. The summed E-state index contributed by atoms with van der Waals surface area (Å²) < 4.78 is 39.0. The van der Waals surface area contributed by atoms with Gasteiger partial charge in [-0.3, -0.25) is 0 Å². The molecule has 0 aliphatic heterocycles. The summed E-state index contributed by atoms with van der Waals surface area (Å²) in [6.45, 7) is 31.3. The minimum absolute atomic E-state index is 0.0276. The summed E-state index contributed by atoms with van der Waals surface area (Å²) in [7, 11) is 0. The summed E-state index contributed by atoms with van der Waals surface area (Å²) >= 11 is 0. The number of hydrogen-bond donors (Lipinski definition) is 5. The van der Waals surface area contributed by atoms with E-state index in [2.05, 4.69) is 218 Å². The van der Waals surface area contributed by atoms with Gasteiger partial charge in [0.05, 0.1) is 38.1 Å². The van der Waals surface area contributed by atoms with Crippen LogP contribution in [-0.4, -0.2) is 179 Å². The van der Waals surface area contributed by atoms with Crippen LogP contribution in [0.2, 0.25) is 0 Å². The molecule has 0 aliphatic carbocycles. The third-order valence-corrected chi connectivity index (χ3v) is 27.4. The number of unbranched alkanes of at least 4 members (excludes halogenated alkanes) is 52. The number of carbonyl (C=O) groups is 1. The van der Waals surface area contributed by atoms with E-state index in [1.165, 1.54) is 353 Å². The van der Waals surface area contributed by atoms with E-state index in [-0.39, 0.29) is 24.3 Å². The first kappa shape index (κ1) is 141. The van der Waals surface area contributed by atoms with E-state index in [4.69, 9.17) is 34.2 Å². The minimum Gasteiger partial charge on any atom is -0.379 e. The topological polar surface area (TPSA) is 153 Å². The molecule has 0 aromatic heterocycles. The molecular formula is C131H245N7O7. The first-order chi connectivity index (χ1) is 72.0. The molecular weight excluding hydrogens is 1780 g/mol. The van der Waals surface area contributed by atoms with Crippen molar-refractivity contribution >= 4 is 6.03 Å². The molecule has 0 fully saturated rings. The van der Waals surface area contributed by atoms with Gasteiger partial charge in [-0.1, -0.05) is 399 Å². The quantitative estimate of drug-likeness (QED) is 0.0291. The van der Waals surface area contributed by atoms with Crippen LogP contribution in [0.5, 0.6) is 0 Å². The predicted octanol–water partition coefficient (Wildman–Crippen LogP) is 36.3. The lowest BCUT2D eigenvalue weighted by Crippen LogP contribution is -2.43. The molecule has 0 radical (unpaired) electrons. The normalized spacial score (nSPS) is 13.2. The fraction of sp³-hybridized carbons (Fsp3) is 0.809. The molecule has 0 saturated carbocycles. The second-order valence-electron chi connectivity index (χ2n) is 41.8. The number of nitrogens with two attached hydrogens (primary N) is 1. The van der Waals surface area contributed by atoms with E-state index in [1.54, 1.807) is 0 Å². The summed E-state index contributed by atoms with van der Waals surface area (Å²) in [6, 6.07) is -0.129. The van der Waals surface area contributed by atoms with Crippen LogP contribution in [0.3, 0.4) is 0 Å². The molecule has 3 atom stereocenters. The SMILES string of the molecule is CCCCC/C=C\C/C=C\CCCCCCCCOCC(CNCCCN(CCCN)CCCCN(CCCNCC(COCCCCCCCC/C=C\C/C=C\CCCCC)OCCCCCCC/C=C\C/C=C\CCCCC)CCCNC(=O)NCC(COCCCCCCCC/C=C\C/C=C\CCCCC)OCCCCCCC/C=C\C/C=C\CCCCC)OCCCCCCC/C=C\C/C=C\CCCCC. The Hall–Kier alpha value is -4.29. The summed E-state index contributed by atoms with van der Waals surface area (Å²) in [4.78, 5) is 19.0. The molecule has 0 rings (SSSR count). The van der Waals surface area contributed by atoms with Crippen LogP contribution >= 0.6 is 0 Å². The van der Waals surface area contributed by atoms with Gasteiger partial charge in [0, 0.05) is 65.8 Å². The van der Waals surface area contributed by atoms with Crippen LogP contribution in [-0.2, 0) is 28.4 Å². The van der Waals surface area contributed by atoms with E-state index in [0.717, 1.165) is 227 Å². The lowest BCUT2D eigenvalue weighted by atomic mass is 10.1. The van der Waals surface area contributed by atoms with Gasteiger partial charge in [0.2, 0.25) is 0 Å². The van der Waals surface area contributed by atoms with Gasteiger partial charge in [-0.25, -0.2) is 4.79 Å². The van der Waals surface area contributed by atoms with Crippen molar-refractivity contribution in [2.75, 3.05) is 145 Å². The zero-order valence-corrected chi connectivity index (χ0v) is 97.0. The molecule has 145 heavy (non-hydrogen) atoms. The van der Waals surface area contributed by atoms with Gasteiger partial charge in [-0.2, -0.15) is 0 Å². The zero-order chi connectivity index (χ0) is 104. The Balaban J connectivity index is 6.25. The van der Waals surface area contributed by atoms with Crippen molar-refractivity contribution in [3.63, 3.8) is 0 Å². The molecule has 6 N–H and O–H groups in total. The molecule has 14 heteroatoms. The molecule has 0 heterocycles. The van der Waals surface area contributed by atoms with Gasteiger partial charge in [0.1, 0.15) is 0 Å². The fourth-order valence-corrected chi connectivity index (χ4v) is 18.0. The maximum absolute atomic E-state index is 13.7. The van der Waals surface area contributed by atoms with E-state index in [0.29, 0.717) is 46.1 Å². The van der Waals surface area contributed by atoms with Gasteiger partial charge in [0.25, 0.3) is 0 Å². The number of carbonyl (C=O) groups excluding carboxylic acids is 1. The standard InChI is InChI=1S/C131H245N7O7/c1-7-13-19-25-31-37-43-49-55-61-64-70-76-82-88-96-116-140-125-128(143-119-99-91-85-79-73-67-58-52-46-40-34-28-22-16-10-4)122-133-107-103-113-137(112-102-106-132)110-94-95-111-138(114-104-108-134-123-129(144-120-100-92-86-80-74-68-59-53-47-41-35-29-23-17-11-5)126-141-117-97-89-83-77-71-65-62-56-50-44-38-32-26-20-14-8-2)115-105-109-135-131(139)136-124-130(145-121-101-93-87-81-75-69-60-54-48-42-36-30-24-18-12-6)127-142-118-98-90-84-78-72-66-63-57-51-45-39-33-27-21-15-9-3/h31-42,49-60,128-130,133-134H,7-30,43-48,61-127,132H2,1-6H3,(H2,135,136,139)/b37-31-,38-32-,39-33-,40-34-,41-35-,42-36-,55-49-,56-50-,57-51-,58-52-,59-53-,60-54-. The van der Waals surface area contributed by atoms with Crippen molar-refractivity contribution in [3.8, 4) is 0 Å². The van der Waals surface area contributed by atoms with Gasteiger partial charge in [-0.05, 0) is 329 Å². The summed E-state index contributed by atoms with van der Waals surface area (Å²) in [5.41, 5.74) is 6.24. The molecule has 0 spiro atoms. The number of nitrogens with one attached hydrogen (secondary N) is 4. The van der Waals surface area contributed by atoms with E-state index in [9.17, 15) is 4.79 Å². The van der Waals surface area contributed by atoms with Crippen LogP contribution in [0.15, 0.2) is 146 Å². The highest BCUT2D eigenvalue weighted by Crippen LogP contribution is 2.18. The molecule has 2 amide bonds.